The number of aliphatic carboxylic acids is 1. The van der Waals surface area contributed by atoms with Gasteiger partial charge in [0.15, 0.2) is 20.9 Å². The summed E-state index contributed by atoms with van der Waals surface area (Å²) in [6.45, 7) is 1.46. The van der Waals surface area contributed by atoms with E-state index in [0.717, 1.165) is 11.3 Å². The van der Waals surface area contributed by atoms with Crippen molar-refractivity contribution in [1.29, 1.82) is 0 Å². The zero-order valence-corrected chi connectivity index (χ0v) is 10.8. The van der Waals surface area contributed by atoms with Gasteiger partial charge in [-0.05, 0) is 17.9 Å². The van der Waals surface area contributed by atoms with Gasteiger partial charge in [-0.1, -0.05) is 13.0 Å². The number of ketones is 1. The fourth-order valence-electron chi connectivity index (χ4n) is 1.37. The van der Waals surface area contributed by atoms with Crippen molar-refractivity contribution in [3.8, 4) is 0 Å². The van der Waals surface area contributed by atoms with Crippen molar-refractivity contribution in [3.05, 3.63) is 22.4 Å². The van der Waals surface area contributed by atoms with Gasteiger partial charge in [-0.15, -0.1) is 11.3 Å². The fraction of sp³-hybridized carbons (Fsp3) is 0.400. The van der Waals surface area contributed by atoms with Gasteiger partial charge in [0.25, 0.3) is 0 Å². The average molecular weight is 276 g/mol. The zero-order chi connectivity index (χ0) is 13.1. The van der Waals surface area contributed by atoms with Crippen LogP contribution < -0.4 is 0 Å². The second kappa shape index (κ2) is 5.42. The van der Waals surface area contributed by atoms with Gasteiger partial charge in [0, 0.05) is 0 Å². The molecule has 17 heavy (non-hydrogen) atoms. The van der Waals surface area contributed by atoms with Crippen LogP contribution in [0.4, 0.5) is 0 Å². The van der Waals surface area contributed by atoms with Gasteiger partial charge in [0.1, 0.15) is 5.75 Å². The van der Waals surface area contributed by atoms with Crippen molar-refractivity contribution in [2.75, 3.05) is 5.75 Å². The van der Waals surface area contributed by atoms with Crippen LogP contribution in [0.2, 0.25) is 0 Å². The molecule has 94 valence electrons. The summed E-state index contributed by atoms with van der Waals surface area (Å²) in [5.74, 6) is -2.72. The fourth-order valence-corrected chi connectivity index (χ4v) is 3.67. The molecule has 1 unspecified atom stereocenters. The first-order chi connectivity index (χ1) is 7.88. The molecule has 1 heterocycles. The number of hydrogen-bond acceptors (Lipinski definition) is 5. The SMILES string of the molecule is CCC(C(=O)O)S(=O)(=O)CC(=O)c1cccs1. The van der Waals surface area contributed by atoms with E-state index >= 15 is 0 Å². The molecule has 0 aliphatic carbocycles. The Bertz CT molecular complexity index is 501. The molecule has 0 spiro atoms. The van der Waals surface area contributed by atoms with E-state index in [4.69, 9.17) is 5.11 Å². The van der Waals surface area contributed by atoms with Crippen LogP contribution in [0.25, 0.3) is 0 Å². The Labute approximate surface area is 103 Å². The number of carbonyl (C=O) groups is 2. The molecule has 0 aliphatic rings. The molecular formula is C10H12O5S2. The molecule has 0 radical (unpaired) electrons. The van der Waals surface area contributed by atoms with Crippen molar-refractivity contribution in [3.63, 3.8) is 0 Å². The van der Waals surface area contributed by atoms with Gasteiger partial charge in [0.05, 0.1) is 4.88 Å². The Morgan fingerprint density at radius 3 is 2.53 bits per heavy atom. The third-order valence-corrected chi connectivity index (χ3v) is 5.19. The van der Waals surface area contributed by atoms with Crippen molar-refractivity contribution in [1.82, 2.24) is 0 Å². The number of thiophene rings is 1. The van der Waals surface area contributed by atoms with Gasteiger partial charge >= 0.3 is 5.97 Å². The van der Waals surface area contributed by atoms with Crippen LogP contribution in [0.5, 0.6) is 0 Å². The molecule has 1 atom stereocenters. The Morgan fingerprint density at radius 1 is 1.47 bits per heavy atom. The van der Waals surface area contributed by atoms with E-state index < -0.39 is 32.6 Å². The average Bonchev–Trinajstić information content (AvgIpc) is 2.68. The smallest absolute Gasteiger partial charge is 0.321 e. The van der Waals surface area contributed by atoms with Crippen LogP contribution in [0.1, 0.15) is 23.0 Å². The van der Waals surface area contributed by atoms with Crippen LogP contribution in [0.15, 0.2) is 17.5 Å². The normalized spacial score (nSPS) is 13.2. The van der Waals surface area contributed by atoms with Crippen LogP contribution in [0.3, 0.4) is 0 Å². The molecule has 0 saturated heterocycles. The standard InChI is InChI=1S/C10H12O5S2/c1-2-9(10(12)13)17(14,15)6-7(11)8-4-3-5-16-8/h3-5,9H,2,6H2,1H3,(H,12,13). The predicted octanol–water partition coefficient (Wildman–Crippen LogP) is 1.21. The molecular weight excluding hydrogens is 264 g/mol. The number of hydrogen-bond donors (Lipinski definition) is 1. The van der Waals surface area contributed by atoms with E-state index in [-0.39, 0.29) is 6.42 Å². The Balaban J connectivity index is 2.87. The first-order valence-electron chi connectivity index (χ1n) is 4.89. The molecule has 0 aliphatic heterocycles. The Hall–Kier alpha value is -1.21. The molecule has 0 saturated carbocycles. The van der Waals surface area contributed by atoms with Gasteiger partial charge in [-0.3, -0.25) is 9.59 Å². The number of carboxylic acids is 1. The molecule has 0 amide bonds. The van der Waals surface area contributed by atoms with E-state index in [1.807, 2.05) is 0 Å². The molecule has 1 N–H and O–H groups in total. The minimum atomic E-state index is -3.94. The molecule has 5 nitrogen and oxygen atoms in total. The third kappa shape index (κ3) is 3.37. The highest BCUT2D eigenvalue weighted by Crippen LogP contribution is 2.14. The van der Waals surface area contributed by atoms with Gasteiger partial charge in [0.2, 0.25) is 0 Å². The summed E-state index contributed by atoms with van der Waals surface area (Å²) in [4.78, 5) is 22.7. The second-order valence-electron chi connectivity index (χ2n) is 3.44. The lowest BCUT2D eigenvalue weighted by atomic mass is 10.3. The predicted molar refractivity (Wildman–Crippen MR) is 64.2 cm³/mol. The van der Waals surface area contributed by atoms with Crippen molar-refractivity contribution >= 4 is 32.9 Å². The highest BCUT2D eigenvalue weighted by Gasteiger charge is 2.32. The molecule has 7 heteroatoms. The van der Waals surface area contributed by atoms with E-state index in [9.17, 15) is 18.0 Å². The summed E-state index contributed by atoms with van der Waals surface area (Å²) < 4.78 is 23.4. The first-order valence-corrected chi connectivity index (χ1v) is 7.49. The van der Waals surface area contributed by atoms with Crippen LogP contribution >= 0.6 is 11.3 Å². The number of carboxylic acid groups (broad SMARTS) is 1. The lowest BCUT2D eigenvalue weighted by Crippen LogP contribution is -2.33. The number of rotatable bonds is 6. The van der Waals surface area contributed by atoms with Gasteiger partial charge in [-0.2, -0.15) is 0 Å². The van der Waals surface area contributed by atoms with Crippen LogP contribution in [0, 0.1) is 0 Å². The topological polar surface area (TPSA) is 88.5 Å². The monoisotopic (exact) mass is 276 g/mol. The minimum absolute atomic E-state index is 0.0462. The lowest BCUT2D eigenvalue weighted by Gasteiger charge is -2.09. The maximum atomic E-state index is 11.7. The summed E-state index contributed by atoms with van der Waals surface area (Å²) in [6, 6.07) is 3.16. The summed E-state index contributed by atoms with van der Waals surface area (Å²) >= 11 is 1.14. The summed E-state index contributed by atoms with van der Waals surface area (Å²) in [6.07, 6.45) is -0.0462. The Kier molecular flexibility index (Phi) is 4.41. The Morgan fingerprint density at radius 2 is 2.12 bits per heavy atom. The third-order valence-electron chi connectivity index (χ3n) is 2.21. The van der Waals surface area contributed by atoms with Crippen molar-refractivity contribution in [2.24, 2.45) is 0 Å². The maximum Gasteiger partial charge on any atom is 0.321 e. The molecule has 0 fully saturated rings. The van der Waals surface area contributed by atoms with E-state index in [1.54, 1.807) is 11.4 Å². The van der Waals surface area contributed by atoms with Crippen LogP contribution in [-0.2, 0) is 14.6 Å². The molecule has 0 aromatic carbocycles. The molecule has 1 aromatic rings. The van der Waals surface area contributed by atoms with E-state index in [1.165, 1.54) is 13.0 Å². The second-order valence-corrected chi connectivity index (χ2v) is 6.57. The lowest BCUT2D eigenvalue weighted by molar-refractivity contribution is -0.136. The number of carbonyl (C=O) groups excluding carboxylic acids is 1. The summed E-state index contributed by atoms with van der Waals surface area (Å²) in [5, 5.41) is 8.92. The van der Waals surface area contributed by atoms with Gasteiger partial charge < -0.3 is 5.11 Å². The number of sulfone groups is 1. The molecule has 0 bridgehead atoms. The first kappa shape index (κ1) is 13.9. The van der Waals surface area contributed by atoms with Crippen LogP contribution in [-0.4, -0.2) is 36.3 Å². The van der Waals surface area contributed by atoms with Crippen molar-refractivity contribution < 1.29 is 23.1 Å². The van der Waals surface area contributed by atoms with Gasteiger partial charge in [-0.25, -0.2) is 8.42 Å². The molecule has 1 rings (SSSR count). The summed E-state index contributed by atoms with van der Waals surface area (Å²) in [5.41, 5.74) is 0. The molecule has 1 aromatic heterocycles. The zero-order valence-electron chi connectivity index (χ0n) is 9.12. The minimum Gasteiger partial charge on any atom is -0.480 e. The van der Waals surface area contributed by atoms with E-state index in [2.05, 4.69) is 0 Å². The highest BCUT2D eigenvalue weighted by atomic mass is 32.2. The largest absolute Gasteiger partial charge is 0.480 e. The number of Topliss-reactive ketones (excluding diaryl/α,β-unsaturated/α-hetero) is 1. The summed E-state index contributed by atoms with van der Waals surface area (Å²) in [7, 11) is -3.94. The van der Waals surface area contributed by atoms with Crippen molar-refractivity contribution in [2.45, 2.75) is 18.6 Å². The highest BCUT2D eigenvalue weighted by molar-refractivity contribution is 7.93. The van der Waals surface area contributed by atoms with E-state index in [0.29, 0.717) is 4.88 Å². The quantitative estimate of drug-likeness (QED) is 0.789. The maximum absolute atomic E-state index is 11.7.